The molecule has 0 aromatic heterocycles. The monoisotopic (exact) mass is 377 g/mol. The maximum Gasteiger partial charge on any atom is 0.573 e. The first-order valence-electron chi connectivity index (χ1n) is 7.90. The lowest BCUT2D eigenvalue weighted by molar-refractivity contribution is -0.274. The van der Waals surface area contributed by atoms with Crippen LogP contribution < -0.4 is 10.1 Å². The Morgan fingerprint density at radius 3 is 2.22 bits per heavy atom. The van der Waals surface area contributed by atoms with E-state index in [1.165, 1.54) is 30.3 Å². The van der Waals surface area contributed by atoms with Gasteiger partial charge in [-0.1, -0.05) is 18.7 Å². The number of rotatable bonds is 6. The normalized spacial score (nSPS) is 12.2. The Bertz CT molecular complexity index is 884. The molecule has 0 fully saturated rings. The fourth-order valence-corrected chi connectivity index (χ4v) is 2.34. The average molecular weight is 377 g/mol. The lowest BCUT2D eigenvalue weighted by Crippen LogP contribution is -2.17. The Morgan fingerprint density at radius 1 is 1.07 bits per heavy atom. The maximum absolute atomic E-state index is 12.2. The first-order chi connectivity index (χ1) is 12.6. The standard InChI is InChI=1S/C20H18F3NO3/c1-12(13(2)15-5-4-6-16(11-15)19(25)26)14(3)24-17-7-9-18(10-8-17)27-20(21,22)23/h4-11,24H,3H2,1-2H3,(H,25,26)/b13-12+. The molecule has 0 aliphatic carbocycles. The number of benzene rings is 2. The summed E-state index contributed by atoms with van der Waals surface area (Å²) in [6.07, 6.45) is -4.74. The molecule has 0 aliphatic rings. The molecule has 2 rings (SSSR count). The highest BCUT2D eigenvalue weighted by Crippen LogP contribution is 2.27. The largest absolute Gasteiger partial charge is 0.573 e. The van der Waals surface area contributed by atoms with E-state index in [4.69, 9.17) is 5.11 Å². The Kier molecular flexibility index (Phi) is 5.95. The maximum atomic E-state index is 12.2. The smallest absolute Gasteiger partial charge is 0.478 e. The molecule has 2 aromatic carbocycles. The van der Waals surface area contributed by atoms with E-state index in [1.54, 1.807) is 18.2 Å². The number of hydrogen-bond acceptors (Lipinski definition) is 3. The topological polar surface area (TPSA) is 58.6 Å². The minimum Gasteiger partial charge on any atom is -0.478 e. The number of ether oxygens (including phenoxy) is 1. The molecule has 0 amide bonds. The fraction of sp³-hybridized carbons (Fsp3) is 0.150. The van der Waals surface area contributed by atoms with Gasteiger partial charge in [0.15, 0.2) is 0 Å². The third kappa shape index (κ3) is 5.64. The summed E-state index contributed by atoms with van der Waals surface area (Å²) in [6, 6.07) is 11.8. The molecule has 2 aromatic rings. The van der Waals surface area contributed by atoms with Crippen molar-refractivity contribution in [3.8, 4) is 5.75 Å². The number of alkyl halides is 3. The van der Waals surface area contributed by atoms with Crippen molar-refractivity contribution < 1.29 is 27.8 Å². The second-order valence-electron chi connectivity index (χ2n) is 5.81. The number of allylic oxidation sites excluding steroid dienone is 2. The number of carboxylic acids is 1. The van der Waals surface area contributed by atoms with Gasteiger partial charge in [-0.15, -0.1) is 13.2 Å². The number of halogens is 3. The van der Waals surface area contributed by atoms with Crippen LogP contribution in [0.4, 0.5) is 18.9 Å². The molecule has 0 atom stereocenters. The fourth-order valence-electron chi connectivity index (χ4n) is 2.34. The van der Waals surface area contributed by atoms with Crippen LogP contribution in [0.1, 0.15) is 29.8 Å². The van der Waals surface area contributed by atoms with Gasteiger partial charge in [0.2, 0.25) is 0 Å². The van der Waals surface area contributed by atoms with Gasteiger partial charge < -0.3 is 15.2 Å². The molecule has 0 saturated heterocycles. The van der Waals surface area contributed by atoms with Crippen LogP contribution in [-0.2, 0) is 0 Å². The van der Waals surface area contributed by atoms with Crippen molar-refractivity contribution in [1.29, 1.82) is 0 Å². The molecule has 0 bridgehead atoms. The number of anilines is 1. The van der Waals surface area contributed by atoms with Crippen molar-refractivity contribution >= 4 is 17.2 Å². The van der Waals surface area contributed by atoms with Gasteiger partial charge in [-0.05, 0) is 67.0 Å². The highest BCUT2D eigenvalue weighted by Gasteiger charge is 2.30. The lowest BCUT2D eigenvalue weighted by atomic mass is 9.99. The Morgan fingerprint density at radius 2 is 1.67 bits per heavy atom. The minimum atomic E-state index is -4.74. The second-order valence-corrected chi connectivity index (χ2v) is 5.81. The summed E-state index contributed by atoms with van der Waals surface area (Å²) >= 11 is 0. The summed E-state index contributed by atoms with van der Waals surface area (Å²) in [5, 5.41) is 12.1. The molecule has 7 heteroatoms. The van der Waals surface area contributed by atoms with Gasteiger partial charge in [-0.25, -0.2) is 4.79 Å². The molecule has 2 N–H and O–H groups in total. The summed E-state index contributed by atoms with van der Waals surface area (Å²) < 4.78 is 40.4. The number of carboxylic acid groups (broad SMARTS) is 1. The van der Waals surface area contributed by atoms with Gasteiger partial charge in [-0.3, -0.25) is 0 Å². The molecule has 0 unspecified atom stereocenters. The van der Waals surface area contributed by atoms with E-state index >= 15 is 0 Å². The molecule has 0 heterocycles. The van der Waals surface area contributed by atoms with Crippen molar-refractivity contribution in [3.05, 3.63) is 77.5 Å². The first kappa shape index (κ1) is 20.1. The molecule has 0 spiro atoms. The van der Waals surface area contributed by atoms with Crippen molar-refractivity contribution in [3.63, 3.8) is 0 Å². The van der Waals surface area contributed by atoms with Crippen LogP contribution in [0.5, 0.6) is 5.75 Å². The minimum absolute atomic E-state index is 0.179. The molecule has 142 valence electrons. The number of aromatic carboxylic acids is 1. The predicted octanol–water partition coefficient (Wildman–Crippen LogP) is 5.70. The number of nitrogens with one attached hydrogen (secondary N) is 1. The van der Waals surface area contributed by atoms with Crippen molar-refractivity contribution in [2.24, 2.45) is 0 Å². The van der Waals surface area contributed by atoms with Crippen LogP contribution >= 0.6 is 0 Å². The van der Waals surface area contributed by atoms with Gasteiger partial charge in [0.25, 0.3) is 0 Å². The summed E-state index contributed by atoms with van der Waals surface area (Å²) in [7, 11) is 0. The highest BCUT2D eigenvalue weighted by molar-refractivity contribution is 5.89. The number of hydrogen-bond donors (Lipinski definition) is 2. The van der Waals surface area contributed by atoms with Crippen molar-refractivity contribution in [1.82, 2.24) is 0 Å². The van der Waals surface area contributed by atoms with Crippen LogP contribution in [0.25, 0.3) is 5.57 Å². The van der Waals surface area contributed by atoms with Crippen LogP contribution in [0.3, 0.4) is 0 Å². The van der Waals surface area contributed by atoms with Crippen molar-refractivity contribution in [2.75, 3.05) is 5.32 Å². The molecule has 0 radical (unpaired) electrons. The zero-order valence-corrected chi connectivity index (χ0v) is 14.7. The zero-order chi connectivity index (χ0) is 20.2. The molecule has 0 saturated carbocycles. The Labute approximate surface area is 154 Å². The Balaban J connectivity index is 2.15. The average Bonchev–Trinajstić information content (AvgIpc) is 2.61. The SMILES string of the molecule is C=C(Nc1ccc(OC(F)(F)F)cc1)/C(C)=C(\C)c1cccc(C(=O)O)c1. The lowest BCUT2D eigenvalue weighted by Gasteiger charge is -2.15. The second kappa shape index (κ2) is 7.99. The molecule has 0 aliphatic heterocycles. The van der Waals surface area contributed by atoms with Gasteiger partial charge in [0, 0.05) is 11.4 Å². The highest BCUT2D eigenvalue weighted by atomic mass is 19.4. The number of carbonyl (C=O) groups is 1. The predicted molar refractivity (Wildman–Crippen MR) is 97.6 cm³/mol. The van der Waals surface area contributed by atoms with E-state index in [-0.39, 0.29) is 11.3 Å². The van der Waals surface area contributed by atoms with Gasteiger partial charge >= 0.3 is 12.3 Å². The van der Waals surface area contributed by atoms with E-state index in [2.05, 4.69) is 16.6 Å². The van der Waals surface area contributed by atoms with Gasteiger partial charge in [0.05, 0.1) is 5.56 Å². The summed E-state index contributed by atoms with van der Waals surface area (Å²) in [6.45, 7) is 7.59. The van der Waals surface area contributed by atoms with E-state index in [0.29, 0.717) is 11.4 Å². The third-order valence-electron chi connectivity index (χ3n) is 3.94. The van der Waals surface area contributed by atoms with Gasteiger partial charge in [-0.2, -0.15) is 0 Å². The van der Waals surface area contributed by atoms with Crippen LogP contribution in [0, 0.1) is 0 Å². The molecular weight excluding hydrogens is 359 g/mol. The van der Waals surface area contributed by atoms with E-state index in [0.717, 1.165) is 16.7 Å². The zero-order valence-electron chi connectivity index (χ0n) is 14.7. The Hall–Kier alpha value is -3.22. The quantitative estimate of drug-likeness (QED) is 0.634. The summed E-state index contributed by atoms with van der Waals surface area (Å²) in [5.74, 6) is -1.33. The van der Waals surface area contributed by atoms with Gasteiger partial charge in [0.1, 0.15) is 5.75 Å². The molecule has 27 heavy (non-hydrogen) atoms. The third-order valence-corrected chi connectivity index (χ3v) is 3.94. The van der Waals surface area contributed by atoms with E-state index < -0.39 is 12.3 Å². The summed E-state index contributed by atoms with van der Waals surface area (Å²) in [4.78, 5) is 11.1. The van der Waals surface area contributed by atoms with E-state index in [9.17, 15) is 18.0 Å². The molecular formula is C20H18F3NO3. The van der Waals surface area contributed by atoms with E-state index in [1.807, 2.05) is 13.8 Å². The molecule has 4 nitrogen and oxygen atoms in total. The van der Waals surface area contributed by atoms with Crippen LogP contribution in [0.15, 0.2) is 66.4 Å². The van der Waals surface area contributed by atoms with Crippen LogP contribution in [0.2, 0.25) is 0 Å². The van der Waals surface area contributed by atoms with Crippen molar-refractivity contribution in [2.45, 2.75) is 20.2 Å². The summed E-state index contributed by atoms with van der Waals surface area (Å²) in [5.41, 5.74) is 3.61. The van der Waals surface area contributed by atoms with Crippen LogP contribution in [-0.4, -0.2) is 17.4 Å². The first-order valence-corrected chi connectivity index (χ1v) is 7.90.